The second kappa shape index (κ2) is 7.41. The third-order valence-electron chi connectivity index (χ3n) is 7.37. The second-order valence-electron chi connectivity index (χ2n) is 9.23. The maximum atomic E-state index is 14.2. The van der Waals surface area contributed by atoms with E-state index >= 15 is 0 Å². The molecule has 3 heterocycles. The Morgan fingerprint density at radius 2 is 1.68 bits per heavy atom. The van der Waals surface area contributed by atoms with E-state index in [0.29, 0.717) is 17.4 Å². The monoisotopic (exact) mass is 415 g/mol. The molecule has 0 aliphatic heterocycles. The first-order valence-corrected chi connectivity index (χ1v) is 11.4. The molecule has 1 aromatic carbocycles. The Hall–Kier alpha value is -2.79. The molecule has 1 N–H and O–H groups in total. The molecule has 158 valence electrons. The number of aliphatic hydroxyl groups is 1. The average molecular weight is 416 g/mol. The molecule has 0 saturated heterocycles. The SMILES string of the molecule is O[C@@H](c1c(C2CC2)ccc2cncn12)[C@H]1CC[C@H](c2ccc(F)c3ncccc32)CC1. The maximum Gasteiger partial charge on any atom is 0.149 e. The molecule has 0 radical (unpaired) electrons. The number of aliphatic hydroxyl groups excluding tert-OH is 1. The van der Waals surface area contributed by atoms with E-state index in [1.54, 1.807) is 12.3 Å². The van der Waals surface area contributed by atoms with Gasteiger partial charge >= 0.3 is 0 Å². The number of imidazole rings is 1. The highest BCUT2D eigenvalue weighted by molar-refractivity contribution is 5.83. The van der Waals surface area contributed by atoms with Crippen molar-refractivity contribution < 1.29 is 9.50 Å². The number of halogens is 1. The van der Waals surface area contributed by atoms with Gasteiger partial charge in [-0.15, -0.1) is 0 Å². The zero-order chi connectivity index (χ0) is 20.9. The summed E-state index contributed by atoms with van der Waals surface area (Å²) in [5.41, 5.74) is 5.02. The van der Waals surface area contributed by atoms with Gasteiger partial charge in [-0.3, -0.25) is 4.98 Å². The Morgan fingerprint density at radius 1 is 0.935 bits per heavy atom. The van der Waals surface area contributed by atoms with Crippen molar-refractivity contribution in [3.8, 4) is 0 Å². The minimum Gasteiger partial charge on any atom is -0.387 e. The molecule has 0 spiro atoms. The van der Waals surface area contributed by atoms with E-state index in [1.165, 1.54) is 24.0 Å². The third-order valence-corrected chi connectivity index (χ3v) is 7.37. The molecule has 0 bridgehead atoms. The lowest BCUT2D eigenvalue weighted by Gasteiger charge is -2.33. The maximum absolute atomic E-state index is 14.2. The summed E-state index contributed by atoms with van der Waals surface area (Å²) >= 11 is 0. The highest BCUT2D eigenvalue weighted by atomic mass is 19.1. The zero-order valence-corrected chi connectivity index (χ0v) is 17.4. The van der Waals surface area contributed by atoms with Gasteiger partial charge in [0.25, 0.3) is 0 Å². The molecule has 4 nitrogen and oxygen atoms in total. The van der Waals surface area contributed by atoms with Gasteiger partial charge in [-0.25, -0.2) is 9.37 Å². The quantitative estimate of drug-likeness (QED) is 0.451. The van der Waals surface area contributed by atoms with Crippen LogP contribution in [0.25, 0.3) is 16.4 Å². The molecule has 6 rings (SSSR count). The first-order valence-electron chi connectivity index (χ1n) is 11.4. The first-order chi connectivity index (χ1) is 15.2. The van der Waals surface area contributed by atoms with Crippen LogP contribution in [0, 0.1) is 11.7 Å². The number of aromatic nitrogens is 3. The Balaban J connectivity index is 1.27. The van der Waals surface area contributed by atoms with Crippen molar-refractivity contribution in [3.05, 3.63) is 77.8 Å². The minimum atomic E-state index is -0.485. The number of benzene rings is 1. The second-order valence-corrected chi connectivity index (χ2v) is 9.23. The summed E-state index contributed by atoms with van der Waals surface area (Å²) < 4.78 is 16.3. The number of pyridine rings is 2. The van der Waals surface area contributed by atoms with Gasteiger partial charge in [0.2, 0.25) is 0 Å². The zero-order valence-electron chi connectivity index (χ0n) is 17.4. The highest BCUT2D eigenvalue weighted by Gasteiger charge is 2.34. The molecule has 4 aromatic rings. The van der Waals surface area contributed by atoms with Crippen LogP contribution in [-0.4, -0.2) is 19.5 Å². The van der Waals surface area contributed by atoms with E-state index in [-0.39, 0.29) is 11.7 Å². The Bertz CT molecular complexity index is 1250. The fourth-order valence-electron chi connectivity index (χ4n) is 5.57. The van der Waals surface area contributed by atoms with Gasteiger partial charge in [0.05, 0.1) is 29.8 Å². The van der Waals surface area contributed by atoms with Crippen LogP contribution in [0.2, 0.25) is 0 Å². The Labute approximate surface area is 180 Å². The van der Waals surface area contributed by atoms with Crippen LogP contribution in [0.3, 0.4) is 0 Å². The third kappa shape index (κ3) is 3.23. The molecular formula is C26H26FN3O. The average Bonchev–Trinajstić information content (AvgIpc) is 3.55. The summed E-state index contributed by atoms with van der Waals surface area (Å²) in [5, 5.41) is 12.4. The lowest BCUT2D eigenvalue weighted by atomic mass is 9.75. The first kappa shape index (κ1) is 18.9. The highest BCUT2D eigenvalue weighted by Crippen LogP contribution is 2.47. The van der Waals surface area contributed by atoms with Crippen LogP contribution >= 0.6 is 0 Å². The summed E-state index contributed by atoms with van der Waals surface area (Å²) in [6.07, 6.45) is 11.2. The van der Waals surface area contributed by atoms with Gasteiger partial charge in [-0.05, 0) is 85.6 Å². The predicted octanol–water partition coefficient (Wildman–Crippen LogP) is 5.91. The predicted molar refractivity (Wildman–Crippen MR) is 119 cm³/mol. The van der Waals surface area contributed by atoms with Crippen molar-refractivity contribution in [1.82, 2.24) is 14.4 Å². The number of nitrogens with zero attached hydrogens (tertiary/aromatic N) is 3. The molecule has 2 aliphatic rings. The van der Waals surface area contributed by atoms with Crippen molar-refractivity contribution in [2.75, 3.05) is 0 Å². The van der Waals surface area contributed by atoms with Crippen molar-refractivity contribution in [2.24, 2.45) is 5.92 Å². The largest absolute Gasteiger partial charge is 0.387 e. The van der Waals surface area contributed by atoms with Crippen LogP contribution in [0.5, 0.6) is 0 Å². The normalized spacial score (nSPS) is 22.8. The lowest BCUT2D eigenvalue weighted by Crippen LogP contribution is -2.22. The Kier molecular flexibility index (Phi) is 4.53. The fraction of sp³-hybridized carbons (Fsp3) is 0.385. The van der Waals surface area contributed by atoms with Crippen molar-refractivity contribution in [2.45, 2.75) is 56.5 Å². The van der Waals surface area contributed by atoms with Gasteiger partial charge < -0.3 is 9.51 Å². The lowest BCUT2D eigenvalue weighted by molar-refractivity contribution is 0.0755. The van der Waals surface area contributed by atoms with Gasteiger partial charge in [0, 0.05) is 11.6 Å². The molecule has 2 aliphatic carbocycles. The number of hydrogen-bond donors (Lipinski definition) is 1. The van der Waals surface area contributed by atoms with Crippen LogP contribution in [-0.2, 0) is 0 Å². The number of fused-ring (bicyclic) bond motifs is 2. The van der Waals surface area contributed by atoms with Crippen LogP contribution in [0.4, 0.5) is 4.39 Å². The van der Waals surface area contributed by atoms with Crippen molar-refractivity contribution in [3.63, 3.8) is 0 Å². The summed E-state index contributed by atoms with van der Waals surface area (Å²) in [6.45, 7) is 0. The minimum absolute atomic E-state index is 0.228. The van der Waals surface area contributed by atoms with E-state index in [2.05, 4.69) is 26.5 Å². The fourth-order valence-corrected chi connectivity index (χ4v) is 5.57. The smallest absolute Gasteiger partial charge is 0.149 e. The van der Waals surface area contributed by atoms with Gasteiger partial charge in [-0.1, -0.05) is 18.2 Å². The standard InChI is InChI=1S/C26H26FN3O/c27-23-12-11-20(22-2-1-13-29-24(22)23)16-5-7-18(8-6-16)26(31)25-21(17-3-4-17)10-9-19-14-28-15-30(19)25/h1-2,9-18,26,31H,3-8H2/t16-,18-,26-/m1/s1. The molecule has 5 heteroatoms. The van der Waals surface area contributed by atoms with Crippen molar-refractivity contribution in [1.29, 1.82) is 0 Å². The van der Waals surface area contributed by atoms with Gasteiger partial charge in [-0.2, -0.15) is 0 Å². The molecule has 2 fully saturated rings. The van der Waals surface area contributed by atoms with Crippen molar-refractivity contribution >= 4 is 16.4 Å². The summed E-state index contributed by atoms with van der Waals surface area (Å²) in [5.74, 6) is 0.921. The van der Waals surface area contributed by atoms with E-state index < -0.39 is 6.10 Å². The summed E-state index contributed by atoms with van der Waals surface area (Å²) in [6, 6.07) is 11.6. The molecule has 2 saturated carbocycles. The van der Waals surface area contributed by atoms with Crippen LogP contribution < -0.4 is 0 Å². The molecule has 1 atom stereocenters. The molecule has 3 aromatic heterocycles. The molecular weight excluding hydrogens is 389 g/mol. The molecule has 0 amide bonds. The molecule has 0 unspecified atom stereocenters. The van der Waals surface area contributed by atoms with E-state index in [1.807, 2.05) is 30.7 Å². The van der Waals surface area contributed by atoms with Crippen LogP contribution in [0.1, 0.15) is 73.3 Å². The number of rotatable bonds is 4. The topological polar surface area (TPSA) is 50.4 Å². The van der Waals surface area contributed by atoms with Gasteiger partial charge in [0.15, 0.2) is 0 Å². The van der Waals surface area contributed by atoms with Crippen LogP contribution in [0.15, 0.2) is 55.1 Å². The Morgan fingerprint density at radius 3 is 2.48 bits per heavy atom. The summed E-state index contributed by atoms with van der Waals surface area (Å²) in [4.78, 5) is 8.56. The van der Waals surface area contributed by atoms with E-state index in [4.69, 9.17) is 0 Å². The van der Waals surface area contributed by atoms with E-state index in [0.717, 1.165) is 42.3 Å². The summed E-state index contributed by atoms with van der Waals surface area (Å²) in [7, 11) is 0. The number of hydrogen-bond acceptors (Lipinski definition) is 3. The van der Waals surface area contributed by atoms with Gasteiger partial charge in [0.1, 0.15) is 11.3 Å². The van der Waals surface area contributed by atoms with E-state index in [9.17, 15) is 9.50 Å². The molecule has 31 heavy (non-hydrogen) atoms.